The van der Waals surface area contributed by atoms with E-state index in [0.717, 1.165) is 30.7 Å². The second-order valence-corrected chi connectivity index (χ2v) is 9.47. The van der Waals surface area contributed by atoms with Crippen molar-refractivity contribution in [3.63, 3.8) is 0 Å². The van der Waals surface area contributed by atoms with Crippen molar-refractivity contribution in [2.45, 2.75) is 77.2 Å². The molecule has 1 saturated carbocycles. The average molecular weight is 454 g/mol. The highest BCUT2D eigenvalue weighted by Gasteiger charge is 2.40. The maximum Gasteiger partial charge on any atom is 0.308 e. The van der Waals surface area contributed by atoms with Gasteiger partial charge in [0.2, 0.25) is 5.92 Å². The predicted octanol–water partition coefficient (Wildman–Crippen LogP) is 3.29. The van der Waals surface area contributed by atoms with Gasteiger partial charge in [0.1, 0.15) is 0 Å². The number of aromatic nitrogens is 2. The summed E-state index contributed by atoms with van der Waals surface area (Å²) in [6, 6.07) is 0. The number of carbonyl (C=O) groups excluding carboxylic acids is 2. The first-order chi connectivity index (χ1) is 15.3. The zero-order chi connectivity index (χ0) is 22.8. The molecular weight excluding hydrogens is 420 g/mol. The van der Waals surface area contributed by atoms with Gasteiger partial charge in [-0.25, -0.2) is 8.78 Å². The zero-order valence-electron chi connectivity index (χ0n) is 18.8. The molecule has 0 bridgehead atoms. The van der Waals surface area contributed by atoms with Crippen LogP contribution in [0.3, 0.4) is 0 Å². The van der Waals surface area contributed by atoms with Crippen molar-refractivity contribution in [3.05, 3.63) is 17.0 Å². The fourth-order valence-electron chi connectivity index (χ4n) is 5.14. The Morgan fingerprint density at radius 2 is 1.97 bits per heavy atom. The molecule has 1 spiro atoms. The molecule has 1 amide bonds. The number of alkyl halides is 2. The molecule has 1 aromatic rings. The number of rotatable bonds is 6. The van der Waals surface area contributed by atoms with E-state index in [-0.39, 0.29) is 49.6 Å². The van der Waals surface area contributed by atoms with Crippen LogP contribution in [0.15, 0.2) is 0 Å². The summed E-state index contributed by atoms with van der Waals surface area (Å²) in [5.74, 6) is -3.53. The number of ether oxygens (including phenoxy) is 2. The van der Waals surface area contributed by atoms with Gasteiger partial charge < -0.3 is 14.8 Å². The largest absolute Gasteiger partial charge is 0.465 e. The van der Waals surface area contributed by atoms with Crippen molar-refractivity contribution < 1.29 is 27.8 Å². The highest BCUT2D eigenvalue weighted by Crippen LogP contribution is 2.38. The molecule has 7 nitrogen and oxygen atoms in total. The SMILES string of the molecule is CCc1nn(CCCOC(=O)C2CCC(F)(F)CC2)c2c1C(=O)NCC1(CCOCC1)C2. The van der Waals surface area contributed by atoms with Crippen molar-refractivity contribution in [2.75, 3.05) is 26.4 Å². The standard InChI is InChI=1S/C23H33F2N3O4/c1-2-17-19-18(14-22(15-26-20(19)29)8-12-31-13-9-22)28(27-17)10-3-11-32-21(30)16-4-6-23(24,25)7-5-16/h16H,2-15H2,1H3,(H,26,29). The van der Waals surface area contributed by atoms with Crippen LogP contribution in [0.4, 0.5) is 8.78 Å². The number of fused-ring (bicyclic) bond motifs is 1. The zero-order valence-corrected chi connectivity index (χ0v) is 18.8. The number of nitrogens with one attached hydrogen (secondary N) is 1. The summed E-state index contributed by atoms with van der Waals surface area (Å²) >= 11 is 0. The molecule has 2 fully saturated rings. The molecule has 1 aromatic heterocycles. The van der Waals surface area contributed by atoms with E-state index >= 15 is 0 Å². The third-order valence-corrected chi connectivity index (χ3v) is 7.22. The van der Waals surface area contributed by atoms with Gasteiger partial charge in [0.25, 0.3) is 5.91 Å². The van der Waals surface area contributed by atoms with E-state index in [1.165, 1.54) is 0 Å². The number of halogens is 2. The van der Waals surface area contributed by atoms with Crippen molar-refractivity contribution in [3.8, 4) is 0 Å². The lowest BCUT2D eigenvalue weighted by molar-refractivity contribution is -0.152. The highest BCUT2D eigenvalue weighted by molar-refractivity contribution is 5.97. The molecule has 2 aliphatic heterocycles. The van der Waals surface area contributed by atoms with E-state index in [9.17, 15) is 18.4 Å². The smallest absolute Gasteiger partial charge is 0.308 e. The first-order valence-corrected chi connectivity index (χ1v) is 11.8. The molecule has 0 unspecified atom stereocenters. The monoisotopic (exact) mass is 453 g/mol. The molecule has 0 radical (unpaired) electrons. The van der Waals surface area contributed by atoms with E-state index in [0.29, 0.717) is 44.7 Å². The van der Waals surface area contributed by atoms with Crippen LogP contribution >= 0.6 is 0 Å². The molecule has 3 heterocycles. The molecule has 178 valence electrons. The lowest BCUT2D eigenvalue weighted by Crippen LogP contribution is -2.40. The van der Waals surface area contributed by atoms with Crippen molar-refractivity contribution in [1.82, 2.24) is 15.1 Å². The first-order valence-electron chi connectivity index (χ1n) is 11.8. The number of amides is 1. The molecule has 4 rings (SSSR count). The van der Waals surface area contributed by atoms with Gasteiger partial charge in [0, 0.05) is 45.6 Å². The van der Waals surface area contributed by atoms with Crippen LogP contribution in [0.2, 0.25) is 0 Å². The lowest BCUT2D eigenvalue weighted by atomic mass is 9.76. The van der Waals surface area contributed by atoms with Gasteiger partial charge in [-0.15, -0.1) is 0 Å². The summed E-state index contributed by atoms with van der Waals surface area (Å²) in [5, 5.41) is 7.81. The Morgan fingerprint density at radius 1 is 1.25 bits per heavy atom. The fourth-order valence-corrected chi connectivity index (χ4v) is 5.14. The van der Waals surface area contributed by atoms with Crippen LogP contribution < -0.4 is 5.32 Å². The summed E-state index contributed by atoms with van der Waals surface area (Å²) in [7, 11) is 0. The van der Waals surface area contributed by atoms with Gasteiger partial charge in [0.05, 0.1) is 29.5 Å². The van der Waals surface area contributed by atoms with E-state index < -0.39 is 11.8 Å². The molecule has 3 aliphatic rings. The molecule has 1 N–H and O–H groups in total. The van der Waals surface area contributed by atoms with Gasteiger partial charge in [-0.05, 0) is 43.9 Å². The summed E-state index contributed by atoms with van der Waals surface area (Å²) < 4.78 is 39.4. The van der Waals surface area contributed by atoms with E-state index in [1.807, 2.05) is 11.6 Å². The normalized spacial score (nSPS) is 22.8. The summed E-state index contributed by atoms with van der Waals surface area (Å²) in [5.41, 5.74) is 2.43. The molecular formula is C23H33F2N3O4. The summed E-state index contributed by atoms with van der Waals surface area (Å²) in [6.07, 6.45) is 3.66. The minimum atomic E-state index is -2.65. The van der Waals surface area contributed by atoms with E-state index in [1.54, 1.807) is 0 Å². The third kappa shape index (κ3) is 4.97. The van der Waals surface area contributed by atoms with Crippen molar-refractivity contribution in [1.29, 1.82) is 0 Å². The van der Waals surface area contributed by atoms with Crippen LogP contribution in [0.1, 0.15) is 73.6 Å². The predicted molar refractivity (Wildman–Crippen MR) is 113 cm³/mol. The first kappa shape index (κ1) is 23.1. The molecule has 0 aromatic carbocycles. The van der Waals surface area contributed by atoms with E-state index in [4.69, 9.17) is 14.6 Å². The average Bonchev–Trinajstić information content (AvgIpc) is 3.05. The number of aryl methyl sites for hydroxylation is 2. The summed E-state index contributed by atoms with van der Waals surface area (Å²) in [6.45, 7) is 4.78. The van der Waals surface area contributed by atoms with Gasteiger partial charge in [-0.2, -0.15) is 5.10 Å². The van der Waals surface area contributed by atoms with E-state index in [2.05, 4.69) is 5.32 Å². The molecule has 9 heteroatoms. The molecule has 32 heavy (non-hydrogen) atoms. The maximum atomic E-state index is 13.3. The van der Waals surface area contributed by atoms with Gasteiger partial charge >= 0.3 is 5.97 Å². The minimum Gasteiger partial charge on any atom is -0.465 e. The van der Waals surface area contributed by atoms with Crippen LogP contribution in [-0.2, 0) is 33.7 Å². The minimum absolute atomic E-state index is 0.0164. The van der Waals surface area contributed by atoms with Gasteiger partial charge in [-0.1, -0.05) is 6.92 Å². The quantitative estimate of drug-likeness (QED) is 0.528. The highest BCUT2D eigenvalue weighted by atomic mass is 19.3. The Balaban J connectivity index is 1.38. The van der Waals surface area contributed by atoms with Gasteiger partial charge in [0.15, 0.2) is 0 Å². The van der Waals surface area contributed by atoms with Crippen LogP contribution in [0.5, 0.6) is 0 Å². The third-order valence-electron chi connectivity index (χ3n) is 7.22. The number of hydrogen-bond acceptors (Lipinski definition) is 5. The Morgan fingerprint density at radius 3 is 2.66 bits per heavy atom. The summed E-state index contributed by atoms with van der Waals surface area (Å²) in [4.78, 5) is 25.1. The second kappa shape index (κ2) is 9.45. The second-order valence-electron chi connectivity index (χ2n) is 9.47. The molecule has 1 saturated heterocycles. The number of nitrogens with zero attached hydrogens (tertiary/aromatic N) is 2. The van der Waals surface area contributed by atoms with Crippen LogP contribution in [-0.4, -0.2) is 53.9 Å². The van der Waals surface area contributed by atoms with Crippen LogP contribution in [0.25, 0.3) is 0 Å². The Bertz CT molecular complexity index is 839. The topological polar surface area (TPSA) is 82.5 Å². The van der Waals surface area contributed by atoms with Crippen LogP contribution in [0, 0.1) is 11.3 Å². The molecule has 0 atom stereocenters. The van der Waals surface area contributed by atoms with Crippen molar-refractivity contribution in [2.24, 2.45) is 11.3 Å². The van der Waals surface area contributed by atoms with Crippen molar-refractivity contribution >= 4 is 11.9 Å². The lowest BCUT2D eigenvalue weighted by Gasteiger charge is -2.36. The fraction of sp³-hybridized carbons (Fsp3) is 0.783. The number of esters is 1. The Hall–Kier alpha value is -2.03. The maximum absolute atomic E-state index is 13.3. The number of hydrogen-bond donors (Lipinski definition) is 1. The van der Waals surface area contributed by atoms with Gasteiger partial charge in [-0.3, -0.25) is 14.3 Å². The molecule has 1 aliphatic carbocycles. The number of carbonyl (C=O) groups is 2. The Labute approximate surface area is 187 Å². The Kier molecular flexibility index (Phi) is 6.83.